The fourth-order valence-corrected chi connectivity index (χ4v) is 1.07. The standard InChI is InChI=1S/5C4H8O2.Ta/c5*1-2-3-4(5)6;/h5*2-3H2,1H3,(H,5,6);. The van der Waals surface area contributed by atoms with Gasteiger partial charge in [0, 0.05) is 54.5 Å². The zero-order valence-electron chi connectivity index (χ0n) is 19.3. The Morgan fingerprint density at radius 1 is 0.387 bits per heavy atom. The fourth-order valence-electron chi connectivity index (χ4n) is 1.07. The monoisotopic (exact) mass is 621 g/mol. The maximum atomic E-state index is 9.60. The van der Waals surface area contributed by atoms with Crippen LogP contribution in [0.5, 0.6) is 0 Å². The van der Waals surface area contributed by atoms with Gasteiger partial charge in [-0.1, -0.05) is 34.6 Å². The molecule has 0 fully saturated rings. The second kappa shape index (κ2) is 38.7. The summed E-state index contributed by atoms with van der Waals surface area (Å²) >= 11 is 0. The summed E-state index contributed by atoms with van der Waals surface area (Å²) in [5.74, 6) is -3.55. The minimum absolute atomic E-state index is 0. The van der Waals surface area contributed by atoms with Gasteiger partial charge in [-0.25, -0.2) is 0 Å². The van der Waals surface area contributed by atoms with E-state index in [1.165, 1.54) is 0 Å². The summed E-state index contributed by atoms with van der Waals surface area (Å²) in [4.78, 5) is 48.0. The third-order valence-corrected chi connectivity index (χ3v) is 2.32. The molecule has 0 bridgehead atoms. The van der Waals surface area contributed by atoms with Crippen molar-refractivity contribution in [3.63, 3.8) is 0 Å². The van der Waals surface area contributed by atoms with Crippen LogP contribution in [0.3, 0.4) is 0 Å². The molecule has 11 heteroatoms. The molecule has 0 aromatic rings. The molecule has 0 heterocycles. The molecular formula is C20H40O10Ta. The van der Waals surface area contributed by atoms with Crippen LogP contribution < -0.4 is 0 Å². The molecule has 31 heavy (non-hydrogen) atoms. The van der Waals surface area contributed by atoms with Gasteiger partial charge in [0.05, 0.1) is 0 Å². The van der Waals surface area contributed by atoms with Crippen LogP contribution in [0.4, 0.5) is 0 Å². The van der Waals surface area contributed by atoms with Crippen LogP contribution >= 0.6 is 0 Å². The van der Waals surface area contributed by atoms with Gasteiger partial charge in [0.2, 0.25) is 0 Å². The molecule has 0 aromatic carbocycles. The zero-order valence-corrected chi connectivity index (χ0v) is 22.5. The van der Waals surface area contributed by atoms with Crippen LogP contribution in [0.25, 0.3) is 0 Å². The summed E-state index contributed by atoms with van der Waals surface area (Å²) in [6.45, 7) is 9.21. The number of aliphatic carboxylic acids is 5. The molecule has 5 N–H and O–H groups in total. The van der Waals surface area contributed by atoms with Crippen molar-refractivity contribution in [1.82, 2.24) is 0 Å². The number of rotatable bonds is 10. The molecule has 0 aliphatic rings. The molecule has 0 unspecified atom stereocenters. The van der Waals surface area contributed by atoms with Gasteiger partial charge in [0.1, 0.15) is 0 Å². The first-order valence-electron chi connectivity index (χ1n) is 9.94. The minimum Gasteiger partial charge on any atom is -0.481 e. The van der Waals surface area contributed by atoms with Gasteiger partial charge in [0.25, 0.3) is 0 Å². The Balaban J connectivity index is -0.0000000625. The summed E-state index contributed by atoms with van der Waals surface area (Å²) in [6.07, 6.45) is 5.12. The van der Waals surface area contributed by atoms with Gasteiger partial charge in [-0.3, -0.25) is 24.0 Å². The van der Waals surface area contributed by atoms with E-state index in [4.69, 9.17) is 25.5 Å². The second-order valence-corrected chi connectivity index (χ2v) is 5.72. The summed E-state index contributed by atoms with van der Waals surface area (Å²) in [6, 6.07) is 0. The topological polar surface area (TPSA) is 186 Å². The van der Waals surface area contributed by atoms with Crippen molar-refractivity contribution < 1.29 is 71.9 Å². The molecule has 185 valence electrons. The van der Waals surface area contributed by atoms with Crippen molar-refractivity contribution in [2.24, 2.45) is 0 Å². The molecule has 1 radical (unpaired) electrons. The van der Waals surface area contributed by atoms with E-state index >= 15 is 0 Å². The van der Waals surface area contributed by atoms with Crippen molar-refractivity contribution >= 4 is 29.8 Å². The van der Waals surface area contributed by atoms with Crippen molar-refractivity contribution in [3.05, 3.63) is 0 Å². The smallest absolute Gasteiger partial charge is 0.303 e. The quantitative estimate of drug-likeness (QED) is 0.235. The largest absolute Gasteiger partial charge is 0.481 e. The predicted molar refractivity (Wildman–Crippen MR) is 113 cm³/mol. The summed E-state index contributed by atoms with van der Waals surface area (Å²) < 4.78 is 0. The second-order valence-electron chi connectivity index (χ2n) is 5.72. The Morgan fingerprint density at radius 3 is 0.484 bits per heavy atom. The van der Waals surface area contributed by atoms with E-state index in [0.717, 1.165) is 32.1 Å². The van der Waals surface area contributed by atoms with E-state index in [1.54, 1.807) is 0 Å². The van der Waals surface area contributed by atoms with Crippen molar-refractivity contribution in [2.75, 3.05) is 0 Å². The third kappa shape index (κ3) is 112. The molecule has 0 atom stereocenters. The molecule has 0 aromatic heterocycles. The molecule has 0 saturated carbocycles. The average molecular weight is 621 g/mol. The molecule has 0 amide bonds. The molecule has 0 aliphatic heterocycles. The first-order chi connectivity index (χ1) is 13.9. The molecule has 0 rings (SSSR count). The molecule has 0 saturated heterocycles. The Kier molecular flexibility index (Phi) is 53.7. The summed E-state index contributed by atoms with van der Waals surface area (Å²) in [5, 5.41) is 39.6. The van der Waals surface area contributed by atoms with Crippen molar-refractivity contribution in [3.8, 4) is 0 Å². The Labute approximate surface area is 200 Å². The summed E-state index contributed by atoms with van der Waals surface area (Å²) in [7, 11) is 0. The van der Waals surface area contributed by atoms with Crippen LogP contribution in [0.15, 0.2) is 0 Å². The number of carboxylic acids is 5. The van der Waals surface area contributed by atoms with E-state index in [9.17, 15) is 24.0 Å². The van der Waals surface area contributed by atoms with Gasteiger partial charge in [-0.05, 0) is 32.1 Å². The van der Waals surface area contributed by atoms with E-state index < -0.39 is 29.8 Å². The third-order valence-electron chi connectivity index (χ3n) is 2.32. The summed E-state index contributed by atoms with van der Waals surface area (Å²) in [5.41, 5.74) is 0. The SMILES string of the molecule is CCCC(=O)O.CCCC(=O)O.CCCC(=O)O.CCCC(=O)O.CCCC(=O)O.[Ta]. The molecule has 10 nitrogen and oxygen atoms in total. The van der Waals surface area contributed by atoms with Crippen LogP contribution in [-0.4, -0.2) is 55.4 Å². The minimum atomic E-state index is -0.711. The molecular weight excluding hydrogens is 581 g/mol. The Bertz CT molecular complexity index is 347. The molecule has 0 spiro atoms. The van der Waals surface area contributed by atoms with Gasteiger partial charge in [-0.2, -0.15) is 0 Å². The maximum absolute atomic E-state index is 9.60. The van der Waals surface area contributed by atoms with Gasteiger partial charge in [-0.15, -0.1) is 0 Å². The van der Waals surface area contributed by atoms with E-state index in [2.05, 4.69) is 0 Å². The van der Waals surface area contributed by atoms with E-state index in [-0.39, 0.29) is 22.4 Å². The normalized spacial score (nSPS) is 7.90. The van der Waals surface area contributed by atoms with Crippen LogP contribution in [-0.2, 0) is 46.4 Å². The fraction of sp³-hybridized carbons (Fsp3) is 0.750. The van der Waals surface area contributed by atoms with E-state index in [0.29, 0.717) is 32.1 Å². The van der Waals surface area contributed by atoms with Gasteiger partial charge >= 0.3 is 29.8 Å². The first-order valence-corrected chi connectivity index (χ1v) is 9.94. The number of carbonyl (C=O) groups is 5. The van der Waals surface area contributed by atoms with Crippen LogP contribution in [0.2, 0.25) is 0 Å². The number of carboxylic acid groups (broad SMARTS) is 5. The van der Waals surface area contributed by atoms with Gasteiger partial charge in [0.15, 0.2) is 0 Å². The van der Waals surface area contributed by atoms with Gasteiger partial charge < -0.3 is 25.5 Å². The number of hydrogen-bond donors (Lipinski definition) is 5. The maximum Gasteiger partial charge on any atom is 0.303 e. The van der Waals surface area contributed by atoms with Crippen molar-refractivity contribution in [1.29, 1.82) is 0 Å². The Morgan fingerprint density at radius 2 is 0.484 bits per heavy atom. The van der Waals surface area contributed by atoms with E-state index in [1.807, 2.05) is 34.6 Å². The van der Waals surface area contributed by atoms with Crippen molar-refractivity contribution in [2.45, 2.75) is 98.8 Å². The number of hydrogen-bond acceptors (Lipinski definition) is 5. The van der Waals surface area contributed by atoms with Crippen LogP contribution in [0.1, 0.15) is 98.8 Å². The average Bonchev–Trinajstić information content (AvgIpc) is 2.56. The first kappa shape index (κ1) is 43.1. The van der Waals surface area contributed by atoms with Crippen LogP contribution in [0, 0.1) is 0 Å². The molecule has 0 aliphatic carbocycles. The predicted octanol–water partition coefficient (Wildman–Crippen LogP) is 4.35. The zero-order chi connectivity index (χ0) is 25.0. The Hall–Kier alpha value is -1.91.